The van der Waals surface area contributed by atoms with Gasteiger partial charge in [0.1, 0.15) is 11.6 Å². The highest BCUT2D eigenvalue weighted by atomic mass is 19.1. The summed E-state index contributed by atoms with van der Waals surface area (Å²) in [4.78, 5) is 17.1. The van der Waals surface area contributed by atoms with E-state index in [4.69, 9.17) is 5.11 Å². The zero-order valence-electron chi connectivity index (χ0n) is 12.3. The van der Waals surface area contributed by atoms with Crippen molar-refractivity contribution in [3.8, 4) is 0 Å². The Balaban J connectivity index is 2.27. The van der Waals surface area contributed by atoms with Gasteiger partial charge in [-0.3, -0.25) is 4.79 Å². The van der Waals surface area contributed by atoms with Crippen molar-refractivity contribution in [1.82, 2.24) is 14.5 Å². The Kier molecular flexibility index (Phi) is 4.90. The van der Waals surface area contributed by atoms with Crippen molar-refractivity contribution in [3.63, 3.8) is 0 Å². The van der Waals surface area contributed by atoms with Gasteiger partial charge >= 0.3 is 5.97 Å². The van der Waals surface area contributed by atoms with E-state index >= 15 is 0 Å². The van der Waals surface area contributed by atoms with Crippen molar-refractivity contribution in [2.45, 2.75) is 25.8 Å². The van der Waals surface area contributed by atoms with Gasteiger partial charge in [-0.25, -0.2) is 9.37 Å². The SMILES string of the molecule is CN(C)CCn1c(CCCC(=O)O)nc2cc(F)ccc21. The molecule has 1 N–H and O–H groups in total. The molecule has 0 saturated carbocycles. The maximum absolute atomic E-state index is 13.3. The number of carbonyl (C=O) groups is 1. The molecule has 0 atom stereocenters. The molecule has 0 aliphatic carbocycles. The molecule has 0 aliphatic heterocycles. The number of fused-ring (bicyclic) bond motifs is 1. The quantitative estimate of drug-likeness (QED) is 0.849. The molecule has 1 aromatic carbocycles. The Labute approximate surface area is 123 Å². The Morgan fingerprint density at radius 2 is 2.19 bits per heavy atom. The molecular weight excluding hydrogens is 273 g/mol. The van der Waals surface area contributed by atoms with Crippen molar-refractivity contribution in [2.75, 3.05) is 20.6 Å². The molecule has 2 aromatic rings. The summed E-state index contributed by atoms with van der Waals surface area (Å²) in [5, 5.41) is 8.73. The number of benzene rings is 1. The van der Waals surface area contributed by atoms with E-state index < -0.39 is 5.97 Å². The average Bonchev–Trinajstić information content (AvgIpc) is 2.72. The molecule has 0 unspecified atom stereocenters. The third-order valence-electron chi connectivity index (χ3n) is 3.35. The number of carboxylic acid groups (broad SMARTS) is 1. The van der Waals surface area contributed by atoms with E-state index in [0.717, 1.165) is 24.4 Å². The smallest absolute Gasteiger partial charge is 0.303 e. The first kappa shape index (κ1) is 15.4. The fourth-order valence-electron chi connectivity index (χ4n) is 2.29. The van der Waals surface area contributed by atoms with Gasteiger partial charge in [0, 0.05) is 32.0 Å². The van der Waals surface area contributed by atoms with Gasteiger partial charge in [0.2, 0.25) is 0 Å². The van der Waals surface area contributed by atoms with E-state index in [1.807, 2.05) is 14.1 Å². The molecule has 1 aromatic heterocycles. The van der Waals surface area contributed by atoms with E-state index in [2.05, 4.69) is 14.5 Å². The normalized spacial score (nSPS) is 11.4. The molecular formula is C15H20FN3O2. The number of carboxylic acids is 1. The largest absolute Gasteiger partial charge is 0.481 e. The number of aliphatic carboxylic acids is 1. The van der Waals surface area contributed by atoms with Crippen LogP contribution in [0.1, 0.15) is 18.7 Å². The van der Waals surface area contributed by atoms with E-state index in [1.165, 1.54) is 12.1 Å². The standard InChI is InChI=1S/C15H20FN3O2/c1-18(2)8-9-19-13-7-6-11(16)10-12(13)17-14(19)4-3-5-15(20)21/h6-7,10H,3-5,8-9H2,1-2H3,(H,20,21). The van der Waals surface area contributed by atoms with Gasteiger partial charge in [-0.1, -0.05) is 0 Å². The molecule has 5 nitrogen and oxygen atoms in total. The zero-order chi connectivity index (χ0) is 15.4. The highest BCUT2D eigenvalue weighted by molar-refractivity contribution is 5.76. The minimum Gasteiger partial charge on any atom is -0.481 e. The lowest BCUT2D eigenvalue weighted by Crippen LogP contribution is -2.19. The lowest BCUT2D eigenvalue weighted by Gasteiger charge is -2.13. The van der Waals surface area contributed by atoms with Crippen LogP contribution in [0.25, 0.3) is 11.0 Å². The van der Waals surface area contributed by atoms with Crippen molar-refractivity contribution in [2.24, 2.45) is 0 Å². The third-order valence-corrected chi connectivity index (χ3v) is 3.35. The summed E-state index contributed by atoms with van der Waals surface area (Å²) in [5.41, 5.74) is 1.52. The van der Waals surface area contributed by atoms with Gasteiger partial charge in [0.15, 0.2) is 0 Å². The van der Waals surface area contributed by atoms with Gasteiger partial charge in [0.25, 0.3) is 0 Å². The highest BCUT2D eigenvalue weighted by Crippen LogP contribution is 2.19. The Hall–Kier alpha value is -1.95. The average molecular weight is 293 g/mol. The first-order chi connectivity index (χ1) is 9.97. The predicted molar refractivity (Wildman–Crippen MR) is 78.8 cm³/mol. The Bertz CT molecular complexity index is 637. The number of likely N-dealkylation sites (N-methyl/N-ethyl adjacent to an activating group) is 1. The lowest BCUT2D eigenvalue weighted by atomic mass is 10.2. The summed E-state index contributed by atoms with van der Waals surface area (Å²) in [5.74, 6) is -0.299. The number of aromatic nitrogens is 2. The van der Waals surface area contributed by atoms with Gasteiger partial charge in [0.05, 0.1) is 11.0 Å². The van der Waals surface area contributed by atoms with Gasteiger partial charge in [-0.15, -0.1) is 0 Å². The molecule has 2 rings (SSSR count). The fraction of sp³-hybridized carbons (Fsp3) is 0.467. The Morgan fingerprint density at radius 1 is 1.43 bits per heavy atom. The number of rotatable bonds is 7. The summed E-state index contributed by atoms with van der Waals surface area (Å²) < 4.78 is 15.4. The van der Waals surface area contributed by atoms with Crippen LogP contribution < -0.4 is 0 Å². The van der Waals surface area contributed by atoms with E-state index in [1.54, 1.807) is 6.07 Å². The maximum Gasteiger partial charge on any atom is 0.303 e. The van der Waals surface area contributed by atoms with Crippen LogP contribution >= 0.6 is 0 Å². The van der Waals surface area contributed by atoms with Gasteiger partial charge in [-0.2, -0.15) is 0 Å². The van der Waals surface area contributed by atoms with Gasteiger partial charge in [-0.05, 0) is 32.6 Å². The van der Waals surface area contributed by atoms with E-state index in [-0.39, 0.29) is 12.2 Å². The molecule has 0 saturated heterocycles. The van der Waals surface area contributed by atoms with Crippen molar-refractivity contribution in [3.05, 3.63) is 29.8 Å². The summed E-state index contributed by atoms with van der Waals surface area (Å²) in [6, 6.07) is 4.58. The second kappa shape index (κ2) is 6.67. The summed E-state index contributed by atoms with van der Waals surface area (Å²) >= 11 is 0. The summed E-state index contributed by atoms with van der Waals surface area (Å²) in [6.07, 6.45) is 1.23. The molecule has 21 heavy (non-hydrogen) atoms. The number of hydrogen-bond acceptors (Lipinski definition) is 3. The second-order valence-corrected chi connectivity index (χ2v) is 5.36. The molecule has 6 heteroatoms. The maximum atomic E-state index is 13.3. The first-order valence-corrected chi connectivity index (χ1v) is 6.98. The van der Waals surface area contributed by atoms with E-state index in [0.29, 0.717) is 18.4 Å². The van der Waals surface area contributed by atoms with Crippen LogP contribution in [-0.2, 0) is 17.8 Å². The number of imidazole rings is 1. The summed E-state index contributed by atoms with van der Waals surface area (Å²) in [6.45, 7) is 1.59. The molecule has 0 fully saturated rings. The van der Waals surface area contributed by atoms with Crippen LogP contribution in [0.2, 0.25) is 0 Å². The molecule has 0 spiro atoms. The van der Waals surface area contributed by atoms with Crippen LogP contribution in [0.15, 0.2) is 18.2 Å². The molecule has 1 heterocycles. The van der Waals surface area contributed by atoms with Crippen molar-refractivity contribution >= 4 is 17.0 Å². The number of nitrogens with zero attached hydrogens (tertiary/aromatic N) is 3. The third kappa shape index (κ3) is 4.01. The summed E-state index contributed by atoms with van der Waals surface area (Å²) in [7, 11) is 3.98. The minimum atomic E-state index is -0.808. The lowest BCUT2D eigenvalue weighted by molar-refractivity contribution is -0.137. The first-order valence-electron chi connectivity index (χ1n) is 6.98. The van der Waals surface area contributed by atoms with Crippen LogP contribution in [0.5, 0.6) is 0 Å². The molecule has 114 valence electrons. The number of halogens is 1. The molecule has 0 bridgehead atoms. The predicted octanol–water partition coefficient (Wildman–Crippen LogP) is 2.14. The number of aryl methyl sites for hydroxylation is 1. The van der Waals surface area contributed by atoms with Crippen LogP contribution in [0, 0.1) is 5.82 Å². The molecule has 0 radical (unpaired) electrons. The second-order valence-electron chi connectivity index (χ2n) is 5.36. The molecule has 0 amide bonds. The fourth-order valence-corrected chi connectivity index (χ4v) is 2.29. The number of hydrogen-bond donors (Lipinski definition) is 1. The topological polar surface area (TPSA) is 58.4 Å². The van der Waals surface area contributed by atoms with Crippen molar-refractivity contribution in [1.29, 1.82) is 0 Å². The Morgan fingerprint density at radius 3 is 2.86 bits per heavy atom. The van der Waals surface area contributed by atoms with E-state index in [9.17, 15) is 9.18 Å². The van der Waals surface area contributed by atoms with Crippen LogP contribution in [0.3, 0.4) is 0 Å². The molecule has 0 aliphatic rings. The zero-order valence-corrected chi connectivity index (χ0v) is 12.3. The van der Waals surface area contributed by atoms with Crippen LogP contribution in [-0.4, -0.2) is 46.2 Å². The van der Waals surface area contributed by atoms with Crippen LogP contribution in [0.4, 0.5) is 4.39 Å². The minimum absolute atomic E-state index is 0.116. The monoisotopic (exact) mass is 293 g/mol. The van der Waals surface area contributed by atoms with Gasteiger partial charge < -0.3 is 14.6 Å². The highest BCUT2D eigenvalue weighted by Gasteiger charge is 2.12. The van der Waals surface area contributed by atoms with Crippen molar-refractivity contribution < 1.29 is 14.3 Å².